The first-order chi connectivity index (χ1) is 10.5. The molecular weight excluding hydrogens is 284 g/mol. The summed E-state index contributed by atoms with van der Waals surface area (Å²) >= 11 is 0. The molecule has 6 nitrogen and oxygen atoms in total. The van der Waals surface area contributed by atoms with Crippen LogP contribution in [0.4, 0.5) is 0 Å². The van der Waals surface area contributed by atoms with Crippen LogP contribution in [-0.2, 0) is 9.59 Å². The van der Waals surface area contributed by atoms with Crippen molar-refractivity contribution in [3.63, 3.8) is 0 Å². The molecule has 0 aliphatic heterocycles. The van der Waals surface area contributed by atoms with Gasteiger partial charge in [0, 0.05) is 13.5 Å². The highest BCUT2D eigenvalue weighted by Gasteiger charge is 2.10. The fraction of sp³-hybridized carbons (Fsp3) is 0.188. The third-order valence-electron chi connectivity index (χ3n) is 2.52. The summed E-state index contributed by atoms with van der Waals surface area (Å²) in [7, 11) is 1.43. The van der Waals surface area contributed by atoms with Crippen LogP contribution in [0.1, 0.15) is 12.5 Å². The van der Waals surface area contributed by atoms with Crippen molar-refractivity contribution in [2.24, 2.45) is 0 Å². The quantitative estimate of drug-likeness (QED) is 0.285. The normalized spacial score (nSPS) is 10.3. The molecule has 1 aromatic carbocycles. The molecular formula is C16H16N2O4. The first kappa shape index (κ1) is 17.0. The molecule has 0 atom stereocenters. The maximum Gasteiger partial charge on any atom is 0.308 e. The summed E-state index contributed by atoms with van der Waals surface area (Å²) in [5.41, 5.74) is 0.516. The predicted molar refractivity (Wildman–Crippen MR) is 81.1 cm³/mol. The van der Waals surface area contributed by atoms with E-state index in [1.807, 2.05) is 6.07 Å². The van der Waals surface area contributed by atoms with Crippen LogP contribution in [0, 0.1) is 11.3 Å². The number of nitrogens with one attached hydrogen (secondary N) is 1. The Morgan fingerprint density at radius 3 is 2.68 bits per heavy atom. The number of rotatable bonds is 6. The average Bonchev–Trinajstić information content (AvgIpc) is 2.50. The van der Waals surface area contributed by atoms with Crippen molar-refractivity contribution in [3.05, 3.63) is 42.0 Å². The summed E-state index contributed by atoms with van der Waals surface area (Å²) in [4.78, 5) is 22.7. The number of hydrogen-bond acceptors (Lipinski definition) is 5. The van der Waals surface area contributed by atoms with Gasteiger partial charge in [0.2, 0.25) is 0 Å². The Kier molecular flexibility index (Phi) is 6.38. The highest BCUT2D eigenvalue weighted by molar-refractivity contribution is 6.01. The lowest BCUT2D eigenvalue weighted by Gasteiger charge is -2.08. The zero-order valence-electron chi connectivity index (χ0n) is 12.4. The minimum atomic E-state index is -0.495. The number of nitriles is 1. The molecule has 0 spiro atoms. The first-order valence-corrected chi connectivity index (χ1v) is 6.39. The van der Waals surface area contributed by atoms with Crippen molar-refractivity contribution in [3.8, 4) is 17.6 Å². The summed E-state index contributed by atoms with van der Waals surface area (Å²) in [6.45, 7) is 5.04. The molecule has 0 aliphatic rings. The molecule has 0 saturated heterocycles. The molecule has 0 saturated carbocycles. The van der Waals surface area contributed by atoms with Crippen LogP contribution in [0.25, 0.3) is 6.08 Å². The lowest BCUT2D eigenvalue weighted by molar-refractivity contribution is -0.132. The van der Waals surface area contributed by atoms with Crippen molar-refractivity contribution in [2.45, 2.75) is 6.92 Å². The van der Waals surface area contributed by atoms with Crippen molar-refractivity contribution in [1.82, 2.24) is 5.32 Å². The summed E-state index contributed by atoms with van der Waals surface area (Å²) in [6.07, 6.45) is 2.93. The van der Waals surface area contributed by atoms with Gasteiger partial charge >= 0.3 is 5.97 Å². The maximum absolute atomic E-state index is 11.8. The molecule has 1 rings (SSSR count). The number of ether oxygens (including phenoxy) is 2. The van der Waals surface area contributed by atoms with E-state index in [0.717, 1.165) is 0 Å². The Morgan fingerprint density at radius 2 is 2.14 bits per heavy atom. The van der Waals surface area contributed by atoms with Gasteiger partial charge in [0.05, 0.1) is 7.11 Å². The van der Waals surface area contributed by atoms with Crippen LogP contribution in [0.3, 0.4) is 0 Å². The smallest absolute Gasteiger partial charge is 0.308 e. The Labute approximate surface area is 128 Å². The Bertz CT molecular complexity index is 657. The number of carbonyl (C=O) groups is 2. The summed E-state index contributed by atoms with van der Waals surface area (Å²) in [5.74, 6) is -0.372. The Balaban J connectivity index is 3.08. The number of hydrogen-bond donors (Lipinski definition) is 1. The highest BCUT2D eigenvalue weighted by atomic mass is 16.6. The lowest BCUT2D eigenvalue weighted by Crippen LogP contribution is -2.24. The van der Waals surface area contributed by atoms with E-state index in [4.69, 9.17) is 14.7 Å². The van der Waals surface area contributed by atoms with E-state index in [-0.39, 0.29) is 17.9 Å². The van der Waals surface area contributed by atoms with Crippen molar-refractivity contribution in [2.75, 3.05) is 13.7 Å². The largest absolute Gasteiger partial charge is 0.493 e. The van der Waals surface area contributed by atoms with Gasteiger partial charge in [-0.1, -0.05) is 12.1 Å². The monoisotopic (exact) mass is 300 g/mol. The van der Waals surface area contributed by atoms with Gasteiger partial charge in [-0.05, 0) is 23.8 Å². The molecule has 1 amide bonds. The van der Waals surface area contributed by atoms with E-state index < -0.39 is 11.9 Å². The lowest BCUT2D eigenvalue weighted by atomic mass is 10.1. The van der Waals surface area contributed by atoms with E-state index in [9.17, 15) is 9.59 Å². The molecule has 0 aromatic heterocycles. The number of amides is 1. The summed E-state index contributed by atoms with van der Waals surface area (Å²) in [5, 5.41) is 11.6. The number of methoxy groups -OCH3 is 1. The molecule has 0 bridgehead atoms. The summed E-state index contributed by atoms with van der Waals surface area (Å²) < 4.78 is 10.1. The third kappa shape index (κ3) is 4.80. The second kappa shape index (κ2) is 8.27. The van der Waals surface area contributed by atoms with Crippen LogP contribution in [0.15, 0.2) is 36.4 Å². The Hall–Kier alpha value is -3.07. The van der Waals surface area contributed by atoms with Crippen LogP contribution in [0.2, 0.25) is 0 Å². The topological polar surface area (TPSA) is 88.4 Å². The highest BCUT2D eigenvalue weighted by Crippen LogP contribution is 2.29. The zero-order valence-corrected chi connectivity index (χ0v) is 12.4. The fourth-order valence-electron chi connectivity index (χ4n) is 1.59. The van der Waals surface area contributed by atoms with Gasteiger partial charge in [-0.3, -0.25) is 9.59 Å². The standard InChI is InChI=1S/C16H16N2O4/c1-4-7-18-16(20)13(10-17)8-12-5-6-14(22-11(2)19)15(9-12)21-3/h4-6,8-9H,1,7H2,2-3H3,(H,18,20)/b13-8+. The van der Waals surface area contributed by atoms with Crippen LogP contribution in [0.5, 0.6) is 11.5 Å². The van der Waals surface area contributed by atoms with Gasteiger partial charge in [0.15, 0.2) is 11.5 Å². The van der Waals surface area contributed by atoms with Crippen molar-refractivity contribution < 1.29 is 19.1 Å². The SMILES string of the molecule is C=CCNC(=O)/C(C#N)=C/c1ccc(OC(C)=O)c(OC)c1. The minimum Gasteiger partial charge on any atom is -0.493 e. The molecule has 0 heterocycles. The third-order valence-corrected chi connectivity index (χ3v) is 2.52. The van der Waals surface area contributed by atoms with E-state index in [1.165, 1.54) is 32.3 Å². The predicted octanol–water partition coefficient (Wildman–Crippen LogP) is 1.83. The van der Waals surface area contributed by atoms with Gasteiger partial charge in [-0.2, -0.15) is 5.26 Å². The second-order valence-corrected chi connectivity index (χ2v) is 4.17. The van der Waals surface area contributed by atoms with Gasteiger partial charge < -0.3 is 14.8 Å². The van der Waals surface area contributed by atoms with E-state index >= 15 is 0 Å². The fourth-order valence-corrected chi connectivity index (χ4v) is 1.59. The van der Waals surface area contributed by atoms with E-state index in [0.29, 0.717) is 11.3 Å². The molecule has 114 valence electrons. The molecule has 0 unspecified atom stereocenters. The number of esters is 1. The van der Waals surface area contributed by atoms with Gasteiger partial charge in [-0.25, -0.2) is 0 Å². The van der Waals surface area contributed by atoms with Gasteiger partial charge in [0.1, 0.15) is 11.6 Å². The zero-order chi connectivity index (χ0) is 16.5. The molecule has 0 radical (unpaired) electrons. The molecule has 0 fully saturated rings. The van der Waals surface area contributed by atoms with Gasteiger partial charge in [0.25, 0.3) is 5.91 Å². The van der Waals surface area contributed by atoms with E-state index in [1.54, 1.807) is 12.1 Å². The van der Waals surface area contributed by atoms with Crippen molar-refractivity contribution >= 4 is 18.0 Å². The molecule has 1 N–H and O–H groups in total. The molecule has 22 heavy (non-hydrogen) atoms. The van der Waals surface area contributed by atoms with Crippen LogP contribution < -0.4 is 14.8 Å². The van der Waals surface area contributed by atoms with Gasteiger partial charge in [-0.15, -0.1) is 6.58 Å². The molecule has 1 aromatic rings. The second-order valence-electron chi connectivity index (χ2n) is 4.17. The number of benzene rings is 1. The number of carbonyl (C=O) groups excluding carboxylic acids is 2. The first-order valence-electron chi connectivity index (χ1n) is 6.39. The summed E-state index contributed by atoms with van der Waals surface area (Å²) in [6, 6.07) is 6.54. The maximum atomic E-state index is 11.8. The number of nitrogens with zero attached hydrogens (tertiary/aromatic N) is 1. The average molecular weight is 300 g/mol. The van der Waals surface area contributed by atoms with Crippen LogP contribution >= 0.6 is 0 Å². The molecule has 0 aliphatic carbocycles. The van der Waals surface area contributed by atoms with E-state index in [2.05, 4.69) is 11.9 Å². The van der Waals surface area contributed by atoms with Crippen LogP contribution in [-0.4, -0.2) is 25.5 Å². The Morgan fingerprint density at radius 1 is 1.41 bits per heavy atom. The minimum absolute atomic E-state index is 0.0517. The van der Waals surface area contributed by atoms with Crippen molar-refractivity contribution in [1.29, 1.82) is 5.26 Å². The molecule has 6 heteroatoms.